The van der Waals surface area contributed by atoms with Gasteiger partial charge in [-0.25, -0.2) is 9.97 Å². The van der Waals surface area contributed by atoms with Gasteiger partial charge in [-0.2, -0.15) is 0 Å². The summed E-state index contributed by atoms with van der Waals surface area (Å²) in [6.07, 6.45) is 11.2. The summed E-state index contributed by atoms with van der Waals surface area (Å²) >= 11 is 0. The first-order valence-electron chi connectivity index (χ1n) is 8.28. The van der Waals surface area contributed by atoms with Gasteiger partial charge in [0.15, 0.2) is 0 Å². The summed E-state index contributed by atoms with van der Waals surface area (Å²) in [6, 6.07) is 20.3. The molecule has 1 aromatic heterocycles. The highest BCUT2D eigenvalue weighted by atomic mass is 14.8. The van der Waals surface area contributed by atoms with Crippen molar-refractivity contribution in [1.29, 1.82) is 0 Å². The average molecular weight is 328 g/mol. The third-order valence-corrected chi connectivity index (χ3v) is 4.77. The van der Waals surface area contributed by atoms with Gasteiger partial charge in [-0.3, -0.25) is 0 Å². The summed E-state index contributed by atoms with van der Waals surface area (Å²) in [5.74, 6) is 5.29. The molecular weight excluding hydrogens is 316 g/mol. The topological polar surface area (TPSA) is 25.8 Å². The standard InChI is InChI=1S/C24H12N2/c1-3-15-13-21-22(14-16(15)4-2)26-24-20-12-8-6-10-18(20)17-9-5-7-11-19(17)23(24)25-21/h1-2,5-14H. The van der Waals surface area contributed by atoms with Crippen LogP contribution in [0.15, 0.2) is 60.7 Å². The maximum Gasteiger partial charge on any atom is 0.0979 e. The van der Waals surface area contributed by atoms with Gasteiger partial charge in [-0.05, 0) is 22.9 Å². The molecule has 5 aromatic rings. The smallest absolute Gasteiger partial charge is 0.0979 e. The molecule has 0 unspecified atom stereocenters. The minimum atomic E-state index is 0.666. The van der Waals surface area contributed by atoms with Crippen molar-refractivity contribution in [1.82, 2.24) is 9.97 Å². The van der Waals surface area contributed by atoms with Crippen LogP contribution in [0.25, 0.3) is 43.6 Å². The van der Waals surface area contributed by atoms with E-state index in [1.807, 2.05) is 36.4 Å². The molecule has 0 amide bonds. The Morgan fingerprint density at radius 2 is 0.962 bits per heavy atom. The number of rotatable bonds is 0. The minimum absolute atomic E-state index is 0.666. The first kappa shape index (κ1) is 14.5. The van der Waals surface area contributed by atoms with E-state index in [-0.39, 0.29) is 0 Å². The van der Waals surface area contributed by atoms with Crippen LogP contribution >= 0.6 is 0 Å². The predicted octanol–water partition coefficient (Wildman–Crippen LogP) is 5.05. The van der Waals surface area contributed by atoms with E-state index in [1.165, 1.54) is 10.8 Å². The summed E-state index contributed by atoms with van der Waals surface area (Å²) in [7, 11) is 0. The maximum atomic E-state index is 5.60. The number of terminal acetylenes is 2. The summed E-state index contributed by atoms with van der Waals surface area (Å²) in [4.78, 5) is 9.83. The number of fused-ring (bicyclic) bond motifs is 7. The molecule has 0 spiro atoms. The lowest BCUT2D eigenvalue weighted by Crippen LogP contribution is -1.93. The van der Waals surface area contributed by atoms with E-state index in [4.69, 9.17) is 22.8 Å². The van der Waals surface area contributed by atoms with Crippen LogP contribution in [0.3, 0.4) is 0 Å². The third kappa shape index (κ3) is 1.91. The Hall–Kier alpha value is -3.88. The SMILES string of the molecule is C#Cc1cc2nc3c4ccccc4c4ccccc4c3nc2cc1C#C. The molecule has 0 aliphatic carbocycles. The minimum Gasteiger partial charge on any atom is -0.244 e. The summed E-state index contributed by atoms with van der Waals surface area (Å²) in [5, 5.41) is 4.50. The molecule has 0 atom stereocenters. The van der Waals surface area contributed by atoms with Crippen LogP contribution < -0.4 is 0 Å². The zero-order chi connectivity index (χ0) is 17.7. The molecule has 0 bridgehead atoms. The van der Waals surface area contributed by atoms with E-state index in [0.29, 0.717) is 11.1 Å². The molecule has 1 heterocycles. The number of hydrogen-bond acceptors (Lipinski definition) is 2. The second-order valence-corrected chi connectivity index (χ2v) is 6.19. The molecule has 2 heteroatoms. The highest BCUT2D eigenvalue weighted by molar-refractivity contribution is 6.23. The van der Waals surface area contributed by atoms with Gasteiger partial charge in [-0.15, -0.1) is 12.8 Å². The summed E-state index contributed by atoms with van der Waals surface area (Å²) in [5.41, 5.74) is 4.60. The van der Waals surface area contributed by atoms with Gasteiger partial charge in [0.2, 0.25) is 0 Å². The fraction of sp³-hybridized carbons (Fsp3) is 0. The Balaban J connectivity index is 2.07. The van der Waals surface area contributed by atoms with Gasteiger partial charge < -0.3 is 0 Å². The number of hydrogen-bond donors (Lipinski definition) is 0. The Labute approximate surface area is 150 Å². The van der Waals surface area contributed by atoms with Crippen molar-refractivity contribution >= 4 is 43.6 Å². The second kappa shape index (κ2) is 5.31. The van der Waals surface area contributed by atoms with Crippen LogP contribution in [-0.4, -0.2) is 9.97 Å². The lowest BCUT2D eigenvalue weighted by atomic mass is 9.99. The Morgan fingerprint density at radius 3 is 1.35 bits per heavy atom. The number of nitrogens with zero attached hydrogens (tertiary/aromatic N) is 2. The van der Waals surface area contributed by atoms with E-state index in [9.17, 15) is 0 Å². The van der Waals surface area contributed by atoms with Crippen molar-refractivity contribution < 1.29 is 0 Å². The largest absolute Gasteiger partial charge is 0.244 e. The van der Waals surface area contributed by atoms with Gasteiger partial charge in [0, 0.05) is 21.9 Å². The van der Waals surface area contributed by atoms with Crippen LogP contribution in [0.2, 0.25) is 0 Å². The van der Waals surface area contributed by atoms with E-state index in [1.54, 1.807) is 0 Å². The molecule has 0 saturated heterocycles. The van der Waals surface area contributed by atoms with Crippen molar-refractivity contribution in [2.45, 2.75) is 0 Å². The number of aromatic nitrogens is 2. The van der Waals surface area contributed by atoms with Gasteiger partial charge in [0.05, 0.1) is 22.1 Å². The zero-order valence-electron chi connectivity index (χ0n) is 13.8. The van der Waals surface area contributed by atoms with Crippen LogP contribution in [-0.2, 0) is 0 Å². The van der Waals surface area contributed by atoms with Crippen LogP contribution in [0.4, 0.5) is 0 Å². The lowest BCUT2D eigenvalue weighted by molar-refractivity contribution is 1.40. The molecule has 118 valence electrons. The molecule has 5 rings (SSSR count). The van der Waals surface area contributed by atoms with Crippen LogP contribution in [0, 0.1) is 24.7 Å². The second-order valence-electron chi connectivity index (χ2n) is 6.19. The predicted molar refractivity (Wildman–Crippen MR) is 108 cm³/mol. The first-order valence-corrected chi connectivity index (χ1v) is 8.28. The fourth-order valence-corrected chi connectivity index (χ4v) is 3.57. The molecule has 26 heavy (non-hydrogen) atoms. The highest BCUT2D eigenvalue weighted by Gasteiger charge is 2.12. The van der Waals surface area contributed by atoms with Crippen molar-refractivity contribution in [3.63, 3.8) is 0 Å². The van der Waals surface area contributed by atoms with Crippen LogP contribution in [0.5, 0.6) is 0 Å². The fourth-order valence-electron chi connectivity index (χ4n) is 3.57. The Bertz CT molecular complexity index is 1340. The zero-order valence-corrected chi connectivity index (χ0v) is 13.8. The Morgan fingerprint density at radius 1 is 0.577 bits per heavy atom. The third-order valence-electron chi connectivity index (χ3n) is 4.77. The lowest BCUT2D eigenvalue weighted by Gasteiger charge is -2.10. The van der Waals surface area contributed by atoms with Gasteiger partial charge >= 0.3 is 0 Å². The van der Waals surface area contributed by atoms with E-state index in [0.717, 1.165) is 32.8 Å². The summed E-state index contributed by atoms with van der Waals surface area (Å²) < 4.78 is 0. The first-order chi connectivity index (χ1) is 12.8. The van der Waals surface area contributed by atoms with Crippen molar-refractivity contribution in [2.75, 3.05) is 0 Å². The normalized spacial score (nSPS) is 11.0. The quantitative estimate of drug-likeness (QED) is 0.226. The van der Waals surface area contributed by atoms with E-state index < -0.39 is 0 Å². The molecule has 2 nitrogen and oxygen atoms in total. The summed E-state index contributed by atoms with van der Waals surface area (Å²) in [6.45, 7) is 0. The van der Waals surface area contributed by atoms with Crippen molar-refractivity contribution in [3.05, 3.63) is 71.8 Å². The van der Waals surface area contributed by atoms with Crippen LogP contribution in [0.1, 0.15) is 11.1 Å². The molecule has 0 aliphatic heterocycles. The number of benzene rings is 4. The molecule has 0 N–H and O–H groups in total. The molecule has 0 aliphatic rings. The van der Waals surface area contributed by atoms with Gasteiger partial charge in [0.25, 0.3) is 0 Å². The monoisotopic (exact) mass is 328 g/mol. The molecule has 0 radical (unpaired) electrons. The molecular formula is C24H12N2. The van der Waals surface area contributed by atoms with Crippen molar-refractivity contribution in [3.8, 4) is 24.7 Å². The Kier molecular flexibility index (Phi) is 2.95. The van der Waals surface area contributed by atoms with E-state index >= 15 is 0 Å². The van der Waals surface area contributed by atoms with E-state index in [2.05, 4.69) is 36.1 Å². The average Bonchev–Trinajstić information content (AvgIpc) is 2.71. The molecule has 0 fully saturated rings. The van der Waals surface area contributed by atoms with Crippen molar-refractivity contribution in [2.24, 2.45) is 0 Å². The molecule has 4 aromatic carbocycles. The van der Waals surface area contributed by atoms with Gasteiger partial charge in [-0.1, -0.05) is 60.4 Å². The maximum absolute atomic E-state index is 5.60. The van der Waals surface area contributed by atoms with Gasteiger partial charge in [0.1, 0.15) is 0 Å². The highest BCUT2D eigenvalue weighted by Crippen LogP contribution is 2.34. The molecule has 0 saturated carbocycles.